The van der Waals surface area contributed by atoms with Crippen molar-refractivity contribution in [3.63, 3.8) is 0 Å². The van der Waals surface area contributed by atoms with Gasteiger partial charge in [-0.25, -0.2) is 4.79 Å². The molecular formula is C57H62N4O15. The molecule has 400 valence electrons. The monoisotopic (exact) mass is 1040 g/mol. The fourth-order valence-electron chi connectivity index (χ4n) is 12.7. The minimum atomic E-state index is -2.66. The number of H-pyrrole nitrogens is 1. The second kappa shape index (κ2) is 19.9. The van der Waals surface area contributed by atoms with Crippen molar-refractivity contribution in [3.8, 4) is 40.1 Å². The Morgan fingerprint density at radius 2 is 1.75 bits per heavy atom. The Kier molecular flexibility index (Phi) is 13.4. The van der Waals surface area contributed by atoms with E-state index in [-0.39, 0.29) is 52.1 Å². The van der Waals surface area contributed by atoms with Gasteiger partial charge in [-0.3, -0.25) is 10.1 Å². The van der Waals surface area contributed by atoms with Crippen LogP contribution in [0, 0.1) is 11.8 Å². The Labute approximate surface area is 436 Å². The summed E-state index contributed by atoms with van der Waals surface area (Å²) in [4.78, 5) is 30.8. The highest BCUT2D eigenvalue weighted by Gasteiger charge is 2.71. The largest absolute Gasteiger partial charge is 0.508 e. The van der Waals surface area contributed by atoms with E-state index in [1.165, 1.54) is 18.2 Å². The lowest BCUT2D eigenvalue weighted by atomic mass is 9.59. The third kappa shape index (κ3) is 8.64. The summed E-state index contributed by atoms with van der Waals surface area (Å²) in [5.74, 6) is -3.60. The topological polar surface area (TPSA) is 312 Å². The molecule has 5 aliphatic rings. The summed E-state index contributed by atoms with van der Waals surface area (Å²) in [6.07, 6.45) is -2.93. The third-order valence-electron chi connectivity index (χ3n) is 16.3. The van der Waals surface area contributed by atoms with E-state index in [4.69, 9.17) is 29.1 Å². The van der Waals surface area contributed by atoms with Crippen LogP contribution >= 0.6 is 0 Å². The van der Waals surface area contributed by atoms with Crippen LogP contribution in [0.2, 0.25) is 0 Å². The summed E-state index contributed by atoms with van der Waals surface area (Å²) in [6, 6.07) is 24.2. The van der Waals surface area contributed by atoms with Crippen LogP contribution in [-0.2, 0) is 34.4 Å². The Balaban J connectivity index is 1.05. The predicted octanol–water partition coefficient (Wildman–Crippen LogP) is 4.56. The van der Waals surface area contributed by atoms with Crippen LogP contribution in [0.15, 0.2) is 112 Å². The molecule has 0 spiro atoms. The van der Waals surface area contributed by atoms with E-state index in [0.29, 0.717) is 73.5 Å². The van der Waals surface area contributed by atoms with Gasteiger partial charge in [-0.1, -0.05) is 48.9 Å². The minimum absolute atomic E-state index is 0.0270. The molecule has 11 atom stereocenters. The molecule has 4 heterocycles. The first-order valence-corrected chi connectivity index (χ1v) is 25.8. The van der Waals surface area contributed by atoms with Crippen molar-refractivity contribution >= 4 is 22.8 Å². The normalized spacial score (nSPS) is 28.7. The molecule has 3 fully saturated rings. The Hall–Kier alpha value is -6.94. The molecule has 1 saturated carbocycles. The van der Waals surface area contributed by atoms with Crippen molar-refractivity contribution in [2.75, 3.05) is 25.6 Å². The standard InChI is InChI=1S/C57H62N4O15/c1-2-29-21-36-35(39(63)22-29)12-6-10-33-11-7-19-56(33,36)76-50-43(24-42-46(49(50)66)40(64)23-41(73-42)31-13-15-34(16-14-31)72-44(27-62)48(65)37-17-18-45(58)61-37)74-54-55(70)25-32(20-30-8-4-3-5-9-30)47(38-26-59-28-60-38)57(71,53(55)69)51(75-54)52(67)68/h3-5,8-9,13-18,21-25,33,38,44,47-48,51,53-54,59-63,65-66,69-71H,2,6-7,10-12,19-20,26-28,58H2,1H3,(H,67,68)/t33-,38-,44-,47+,48-,51-,53+,54-,55-,56+,57-/m1/s1. The number of aromatic nitrogens is 1. The number of hydrogen-bond donors (Lipinski definition) is 12. The van der Waals surface area contributed by atoms with Crippen LogP contribution in [-0.4, -0.2) is 113 Å². The molecule has 2 aliphatic heterocycles. The van der Waals surface area contributed by atoms with Gasteiger partial charge in [0, 0.05) is 65.6 Å². The van der Waals surface area contributed by atoms with Gasteiger partial charge in [0.2, 0.25) is 12.0 Å². The number of aliphatic carboxylic acids is 1. The molecule has 4 aromatic carbocycles. The third-order valence-corrected chi connectivity index (χ3v) is 16.3. The van der Waals surface area contributed by atoms with Crippen LogP contribution in [0.25, 0.3) is 22.3 Å². The molecule has 0 amide bonds. The van der Waals surface area contributed by atoms with Gasteiger partial charge in [-0.15, -0.1) is 0 Å². The van der Waals surface area contributed by atoms with Crippen molar-refractivity contribution in [2.45, 2.75) is 112 Å². The van der Waals surface area contributed by atoms with Crippen molar-refractivity contribution < 1.29 is 69.0 Å². The number of nitrogens with one attached hydrogen (secondary N) is 3. The second-order valence-electron chi connectivity index (χ2n) is 20.8. The maximum Gasteiger partial charge on any atom is 0.336 e. The Morgan fingerprint density at radius 1 is 0.974 bits per heavy atom. The molecule has 2 saturated heterocycles. The second-order valence-corrected chi connectivity index (χ2v) is 20.8. The molecule has 6 aromatic rings. The number of carboxylic acids is 1. The quantitative estimate of drug-likeness (QED) is 0.0628. The number of aromatic hydroxyl groups is 2. The molecule has 19 nitrogen and oxygen atoms in total. The van der Waals surface area contributed by atoms with Gasteiger partial charge in [0.25, 0.3) is 0 Å². The van der Waals surface area contributed by atoms with E-state index in [9.17, 15) is 50.4 Å². The molecular weight excluding hydrogens is 981 g/mol. The average molecular weight is 1040 g/mol. The van der Waals surface area contributed by atoms with E-state index in [1.807, 2.05) is 43.3 Å². The number of phenolic OH excluding ortho intramolecular Hbond substituents is 2. The number of anilines is 1. The van der Waals surface area contributed by atoms with E-state index < -0.39 is 83.2 Å². The summed E-state index contributed by atoms with van der Waals surface area (Å²) >= 11 is 0. The van der Waals surface area contributed by atoms with E-state index in [1.54, 1.807) is 42.5 Å². The van der Waals surface area contributed by atoms with Gasteiger partial charge >= 0.3 is 5.97 Å². The van der Waals surface area contributed by atoms with E-state index in [2.05, 4.69) is 15.6 Å². The number of nitrogens with two attached hydrogens (primary N) is 1. The summed E-state index contributed by atoms with van der Waals surface area (Å²) in [5, 5.41) is 100. The van der Waals surface area contributed by atoms with Crippen LogP contribution in [0.1, 0.15) is 73.1 Å². The van der Waals surface area contributed by atoms with E-state index in [0.717, 1.165) is 29.5 Å². The van der Waals surface area contributed by atoms with Gasteiger partial charge in [0.1, 0.15) is 57.5 Å². The summed E-state index contributed by atoms with van der Waals surface area (Å²) < 4.78 is 32.4. The van der Waals surface area contributed by atoms with Crippen molar-refractivity contribution in [2.24, 2.45) is 11.8 Å². The fraction of sp³-hybridized carbons (Fsp3) is 0.404. The molecule has 19 heteroatoms. The van der Waals surface area contributed by atoms with Crippen molar-refractivity contribution in [3.05, 3.63) is 141 Å². The molecule has 2 bridgehead atoms. The highest BCUT2D eigenvalue weighted by atomic mass is 16.7. The number of carbonyl (C=O) groups is 1. The zero-order valence-electron chi connectivity index (χ0n) is 41.6. The average Bonchev–Trinajstić information content (AvgIpc) is 4.18. The SMILES string of the molecule is CCc1cc(O)c2c(c1)[C@]1(Oc3c(O[C@@H]4O[C@H](C(=O)O)[C@]5(O)[C@H]([C@H]6CNCN6)C(Cc6ccccc6)=C[C@@]4(O)[C@@H]5O)cc4oc(-c5ccc(O[C@H](CO)[C@H](O)c6ccc(N)[nH]6)cc5)cc(=O)c4c3O)CCC[C@H]1CCC2. The maximum atomic E-state index is 14.5. The number of aryl methyl sites for hydroxylation is 1. The maximum absolute atomic E-state index is 14.5. The summed E-state index contributed by atoms with van der Waals surface area (Å²) in [6.45, 7) is 2.05. The van der Waals surface area contributed by atoms with Crippen LogP contribution in [0.5, 0.6) is 28.7 Å². The fourth-order valence-corrected chi connectivity index (χ4v) is 12.7. The number of fused-ring (bicyclic) bond motifs is 6. The molecule has 13 N–H and O–H groups in total. The number of aromatic amines is 1. The zero-order chi connectivity index (χ0) is 53.3. The lowest BCUT2D eigenvalue weighted by Gasteiger charge is -2.58. The predicted molar refractivity (Wildman–Crippen MR) is 276 cm³/mol. The number of aliphatic hydroxyl groups is 5. The Morgan fingerprint density at radius 3 is 2.45 bits per heavy atom. The number of aliphatic hydroxyl groups excluding tert-OH is 3. The first kappa shape index (κ1) is 51.2. The lowest BCUT2D eigenvalue weighted by molar-refractivity contribution is -0.344. The van der Waals surface area contributed by atoms with Gasteiger partial charge in [0.15, 0.2) is 34.7 Å². The zero-order valence-corrected chi connectivity index (χ0v) is 41.6. The lowest BCUT2D eigenvalue weighted by Crippen LogP contribution is -2.79. The summed E-state index contributed by atoms with van der Waals surface area (Å²) in [7, 11) is 0. The highest BCUT2D eigenvalue weighted by Crippen LogP contribution is 2.58. The molecule has 2 aromatic heterocycles. The van der Waals surface area contributed by atoms with Crippen LogP contribution in [0.4, 0.5) is 5.82 Å². The first-order chi connectivity index (χ1) is 36.6. The number of phenols is 2. The number of nitrogen functional groups attached to an aromatic ring is 1. The van der Waals surface area contributed by atoms with Gasteiger partial charge in [-0.2, -0.15) is 0 Å². The number of hydrogen-bond acceptors (Lipinski definition) is 17. The first-order valence-electron chi connectivity index (χ1n) is 25.8. The Bertz CT molecular complexity index is 3250. The van der Waals surface area contributed by atoms with Gasteiger partial charge in [0.05, 0.1) is 6.61 Å². The summed E-state index contributed by atoms with van der Waals surface area (Å²) in [5.41, 5.74) is 2.54. The van der Waals surface area contributed by atoms with Gasteiger partial charge in [-0.05, 0) is 111 Å². The van der Waals surface area contributed by atoms with Crippen LogP contribution < -0.4 is 36.0 Å². The molecule has 3 aliphatic carbocycles. The smallest absolute Gasteiger partial charge is 0.336 e. The number of rotatable bonds is 15. The number of carboxylic acid groups (broad SMARTS) is 1. The van der Waals surface area contributed by atoms with E-state index >= 15 is 0 Å². The van der Waals surface area contributed by atoms with Crippen molar-refractivity contribution in [1.82, 2.24) is 15.6 Å². The number of ether oxygens (including phenoxy) is 4. The molecule has 0 unspecified atom stereocenters. The molecule has 76 heavy (non-hydrogen) atoms. The van der Waals surface area contributed by atoms with Gasteiger partial charge < -0.3 is 80.3 Å². The molecule has 0 radical (unpaired) electrons. The minimum Gasteiger partial charge on any atom is -0.508 e. The van der Waals surface area contributed by atoms with Crippen LogP contribution in [0.3, 0.4) is 0 Å². The highest BCUT2D eigenvalue weighted by molar-refractivity contribution is 5.90. The molecule has 11 rings (SSSR count). The van der Waals surface area contributed by atoms with Crippen molar-refractivity contribution in [1.29, 1.82) is 0 Å². The number of benzene rings is 4.